The molecule has 8 heteroatoms. The van der Waals surface area contributed by atoms with Crippen LogP contribution >= 0.6 is 0 Å². The molecule has 0 amide bonds. The Morgan fingerprint density at radius 2 is 0.833 bits per heavy atom. The van der Waals surface area contributed by atoms with Gasteiger partial charge >= 0.3 is 11.9 Å². The summed E-state index contributed by atoms with van der Waals surface area (Å²) in [7, 11) is 0. The zero-order valence-corrected chi connectivity index (χ0v) is 6.02. The van der Waals surface area contributed by atoms with Crippen molar-refractivity contribution in [2.45, 2.75) is 0 Å². The molecule has 0 rings (SSSR count). The van der Waals surface area contributed by atoms with Gasteiger partial charge in [0.1, 0.15) is 0 Å². The lowest BCUT2D eigenvalue weighted by Crippen LogP contribution is -2.10. The molecule has 0 radical (unpaired) electrons. The van der Waals surface area contributed by atoms with E-state index in [0.29, 0.717) is 0 Å². The molecule has 0 unspecified atom stereocenters. The van der Waals surface area contributed by atoms with Gasteiger partial charge in [-0.15, -0.1) is 0 Å². The van der Waals surface area contributed by atoms with Crippen LogP contribution in [-0.4, -0.2) is 32.4 Å². The van der Waals surface area contributed by atoms with Gasteiger partial charge in [0, 0.05) is 0 Å². The Morgan fingerprint density at radius 3 is 0.917 bits per heavy atom. The Labute approximate surface area is 66.9 Å². The largest absolute Gasteiger partial charge is 0.499 e. The van der Waals surface area contributed by atoms with Crippen LogP contribution in [-0.2, 0) is 9.59 Å². The summed E-state index contributed by atoms with van der Waals surface area (Å²) in [6.45, 7) is 0. The van der Waals surface area contributed by atoms with E-state index in [1.165, 1.54) is 0 Å². The van der Waals surface area contributed by atoms with Gasteiger partial charge in [-0.05, 0) is 0 Å². The standard InChI is InChI=1S/C4H4O6.2H3N/c5-1(3(7)8)2(6)4(9)10;;/h5-6H,(H,7,8)(H,9,10);2*1H3/b2-1+;;. The number of carboxylic acid groups (broad SMARTS) is 2. The highest BCUT2D eigenvalue weighted by molar-refractivity contribution is 5.94. The third kappa shape index (κ3) is 4.09. The first-order chi connectivity index (χ1) is 4.46. The maximum absolute atomic E-state index is 9.71. The van der Waals surface area contributed by atoms with Crippen molar-refractivity contribution in [1.82, 2.24) is 12.3 Å². The first-order valence-corrected chi connectivity index (χ1v) is 2.05. The fourth-order valence-corrected chi connectivity index (χ4v) is 0.203. The monoisotopic (exact) mass is 182 g/mol. The molecule has 0 aliphatic rings. The van der Waals surface area contributed by atoms with E-state index in [4.69, 9.17) is 20.4 Å². The highest BCUT2D eigenvalue weighted by Crippen LogP contribution is 1.96. The van der Waals surface area contributed by atoms with E-state index in [2.05, 4.69) is 0 Å². The number of carbonyl (C=O) groups is 2. The van der Waals surface area contributed by atoms with Crippen molar-refractivity contribution in [2.24, 2.45) is 0 Å². The number of aliphatic hydroxyl groups excluding tert-OH is 2. The van der Waals surface area contributed by atoms with Crippen molar-refractivity contribution < 1.29 is 30.0 Å². The second-order valence-corrected chi connectivity index (χ2v) is 1.31. The minimum atomic E-state index is -1.89. The molecule has 0 heterocycles. The molecule has 0 aromatic rings. The number of aliphatic carboxylic acids is 2. The number of carboxylic acids is 2. The average molecular weight is 182 g/mol. The lowest BCUT2D eigenvalue weighted by molar-refractivity contribution is -0.140. The van der Waals surface area contributed by atoms with Crippen molar-refractivity contribution in [3.63, 3.8) is 0 Å². The molecular formula is C4H10N2O6. The SMILES string of the molecule is N.N.O=C(O)/C(O)=C(\O)C(=O)O. The van der Waals surface area contributed by atoms with Gasteiger partial charge < -0.3 is 32.7 Å². The van der Waals surface area contributed by atoms with Crippen molar-refractivity contribution in [2.75, 3.05) is 0 Å². The molecule has 0 saturated carbocycles. The van der Waals surface area contributed by atoms with Crippen LogP contribution in [0.25, 0.3) is 0 Å². The molecule has 0 bridgehead atoms. The van der Waals surface area contributed by atoms with Crippen LogP contribution in [0.4, 0.5) is 0 Å². The quantitative estimate of drug-likeness (QED) is 0.250. The Balaban J connectivity index is -0.000000405. The Kier molecular flexibility index (Phi) is 8.25. The Bertz CT molecular complexity index is 188. The van der Waals surface area contributed by atoms with Gasteiger partial charge in [0.2, 0.25) is 0 Å². The molecule has 0 saturated heterocycles. The number of hydrogen-bond donors (Lipinski definition) is 6. The third-order valence-corrected chi connectivity index (χ3v) is 0.629. The first kappa shape index (κ1) is 16.7. The fraction of sp³-hybridized carbons (Fsp3) is 0. The van der Waals surface area contributed by atoms with Crippen LogP contribution in [0, 0.1) is 0 Å². The van der Waals surface area contributed by atoms with Crippen molar-refractivity contribution >= 4 is 11.9 Å². The normalized spacial score (nSPS) is 10.0. The predicted molar refractivity (Wildman–Crippen MR) is 37.6 cm³/mol. The summed E-state index contributed by atoms with van der Waals surface area (Å²) in [5.41, 5.74) is 0. The lowest BCUT2D eigenvalue weighted by Gasteiger charge is -1.92. The van der Waals surface area contributed by atoms with Crippen molar-refractivity contribution in [1.29, 1.82) is 0 Å². The smallest absolute Gasteiger partial charge is 0.375 e. The van der Waals surface area contributed by atoms with Crippen LogP contribution in [0.1, 0.15) is 0 Å². The molecule has 0 atom stereocenters. The molecule has 0 aliphatic carbocycles. The molecule has 72 valence electrons. The van der Waals surface area contributed by atoms with Crippen LogP contribution in [0.15, 0.2) is 11.5 Å². The first-order valence-electron chi connectivity index (χ1n) is 2.05. The number of rotatable bonds is 2. The van der Waals surface area contributed by atoms with Crippen molar-refractivity contribution in [3.8, 4) is 0 Å². The van der Waals surface area contributed by atoms with E-state index in [-0.39, 0.29) is 12.3 Å². The minimum Gasteiger partial charge on any atom is -0.499 e. The van der Waals surface area contributed by atoms with Crippen molar-refractivity contribution in [3.05, 3.63) is 11.5 Å². The summed E-state index contributed by atoms with van der Waals surface area (Å²) in [6, 6.07) is 0. The van der Waals surface area contributed by atoms with Gasteiger partial charge in [0.05, 0.1) is 0 Å². The van der Waals surface area contributed by atoms with Crippen LogP contribution < -0.4 is 12.3 Å². The number of aliphatic hydroxyl groups is 2. The van der Waals surface area contributed by atoms with Crippen LogP contribution in [0.5, 0.6) is 0 Å². The van der Waals surface area contributed by atoms with Crippen LogP contribution in [0.3, 0.4) is 0 Å². The molecular weight excluding hydrogens is 172 g/mol. The summed E-state index contributed by atoms with van der Waals surface area (Å²) in [4.78, 5) is 19.4. The lowest BCUT2D eigenvalue weighted by atomic mass is 10.4. The van der Waals surface area contributed by atoms with Crippen LogP contribution in [0.2, 0.25) is 0 Å². The minimum absolute atomic E-state index is 0. The maximum atomic E-state index is 9.71. The predicted octanol–water partition coefficient (Wildman–Crippen LogP) is -0.193. The maximum Gasteiger partial charge on any atom is 0.375 e. The molecule has 8 nitrogen and oxygen atoms in total. The average Bonchev–Trinajstić information content (AvgIpc) is 1.84. The third-order valence-electron chi connectivity index (χ3n) is 0.629. The molecule has 0 aliphatic heterocycles. The van der Waals surface area contributed by atoms with E-state index in [0.717, 1.165) is 0 Å². The summed E-state index contributed by atoms with van der Waals surface area (Å²) in [5.74, 6) is -6.93. The summed E-state index contributed by atoms with van der Waals surface area (Å²) >= 11 is 0. The van der Waals surface area contributed by atoms with Gasteiger partial charge in [-0.2, -0.15) is 0 Å². The number of hydrogen-bond acceptors (Lipinski definition) is 6. The second kappa shape index (κ2) is 5.95. The summed E-state index contributed by atoms with van der Waals surface area (Å²) in [6.07, 6.45) is 0. The molecule has 0 fully saturated rings. The van der Waals surface area contributed by atoms with Gasteiger partial charge in [-0.3, -0.25) is 0 Å². The van der Waals surface area contributed by atoms with E-state index in [1.807, 2.05) is 0 Å². The van der Waals surface area contributed by atoms with E-state index in [9.17, 15) is 9.59 Å². The molecule has 0 aromatic carbocycles. The Hall–Kier alpha value is -1.80. The van der Waals surface area contributed by atoms with E-state index in [1.54, 1.807) is 0 Å². The summed E-state index contributed by atoms with van der Waals surface area (Å²) in [5, 5.41) is 32.2. The van der Waals surface area contributed by atoms with Gasteiger partial charge in [-0.25, -0.2) is 9.59 Å². The van der Waals surface area contributed by atoms with Gasteiger partial charge in [-0.1, -0.05) is 0 Å². The highest BCUT2D eigenvalue weighted by Gasteiger charge is 2.17. The molecule has 0 aromatic heterocycles. The fourth-order valence-electron chi connectivity index (χ4n) is 0.203. The molecule has 10 N–H and O–H groups in total. The van der Waals surface area contributed by atoms with E-state index < -0.39 is 23.5 Å². The molecule has 12 heavy (non-hydrogen) atoms. The zero-order valence-electron chi connectivity index (χ0n) is 6.02. The highest BCUT2D eigenvalue weighted by atomic mass is 16.4. The molecule has 0 spiro atoms. The zero-order chi connectivity index (χ0) is 8.31. The van der Waals surface area contributed by atoms with Gasteiger partial charge in [0.25, 0.3) is 11.5 Å². The topological polar surface area (TPSA) is 185 Å². The second-order valence-electron chi connectivity index (χ2n) is 1.31. The van der Waals surface area contributed by atoms with Gasteiger partial charge in [0.15, 0.2) is 0 Å². The summed E-state index contributed by atoms with van der Waals surface area (Å²) < 4.78 is 0. The Morgan fingerprint density at radius 1 is 0.667 bits per heavy atom. The van der Waals surface area contributed by atoms with E-state index >= 15 is 0 Å².